The van der Waals surface area contributed by atoms with Crippen molar-refractivity contribution in [1.29, 1.82) is 0 Å². The summed E-state index contributed by atoms with van der Waals surface area (Å²) in [5, 5.41) is 3.49. The molecule has 1 N–H and O–H groups in total. The molecule has 0 fully saturated rings. The maximum atomic E-state index is 5.82. The van der Waals surface area contributed by atoms with Crippen molar-refractivity contribution in [1.82, 2.24) is 5.32 Å². The van der Waals surface area contributed by atoms with Crippen molar-refractivity contribution in [2.24, 2.45) is 9.98 Å². The van der Waals surface area contributed by atoms with Gasteiger partial charge in [-0.05, 0) is 17.7 Å². The van der Waals surface area contributed by atoms with Gasteiger partial charge in [-0.2, -0.15) is 0 Å². The van der Waals surface area contributed by atoms with Crippen LogP contribution in [0.4, 0.5) is 5.69 Å². The molecule has 5 rings (SSSR count). The number of para-hydroxylation sites is 2. The second-order valence-corrected chi connectivity index (χ2v) is 7.35. The molecular weight excluding hydrogens is 376 g/mol. The van der Waals surface area contributed by atoms with Gasteiger partial charge in [0.25, 0.3) is 0 Å². The molecule has 30 heavy (non-hydrogen) atoms. The number of nitrogens with zero attached hydrogens (tertiary/aromatic N) is 3. The molecule has 1 aliphatic carbocycles. The standard InChI is InChI=1S/C24H24N4O2/c1-29-21-13-7-10-18-22(21)26-24(27-23(18)25-16-17-8-3-2-4-9-17)28-14-15-30-20-12-6-5-11-19(20)28/h2-13,21-22H,14-16H2,1H3,(H,25,26,27). The van der Waals surface area contributed by atoms with E-state index in [9.17, 15) is 0 Å². The van der Waals surface area contributed by atoms with Crippen LogP contribution in [0.1, 0.15) is 5.56 Å². The van der Waals surface area contributed by atoms with Gasteiger partial charge < -0.3 is 19.7 Å². The third-order valence-electron chi connectivity index (χ3n) is 5.49. The van der Waals surface area contributed by atoms with Crippen LogP contribution in [0.2, 0.25) is 0 Å². The summed E-state index contributed by atoms with van der Waals surface area (Å²) >= 11 is 0. The van der Waals surface area contributed by atoms with Crippen molar-refractivity contribution in [3.8, 4) is 5.75 Å². The lowest BCUT2D eigenvalue weighted by atomic mass is 9.94. The van der Waals surface area contributed by atoms with Crippen LogP contribution >= 0.6 is 0 Å². The second-order valence-electron chi connectivity index (χ2n) is 7.35. The van der Waals surface area contributed by atoms with E-state index in [1.165, 1.54) is 5.56 Å². The molecule has 0 spiro atoms. The summed E-state index contributed by atoms with van der Waals surface area (Å²) in [5.41, 5.74) is 3.22. The van der Waals surface area contributed by atoms with Crippen molar-refractivity contribution in [2.45, 2.75) is 18.7 Å². The van der Waals surface area contributed by atoms with Gasteiger partial charge in [-0.1, -0.05) is 60.7 Å². The van der Waals surface area contributed by atoms with Gasteiger partial charge in [0.05, 0.1) is 18.8 Å². The van der Waals surface area contributed by atoms with Gasteiger partial charge in [-0.15, -0.1) is 0 Å². The average molecular weight is 400 g/mol. The Bertz CT molecular complexity index is 1040. The molecule has 6 nitrogen and oxygen atoms in total. The maximum Gasteiger partial charge on any atom is 0.205 e. The van der Waals surface area contributed by atoms with Gasteiger partial charge in [0.2, 0.25) is 5.96 Å². The van der Waals surface area contributed by atoms with E-state index >= 15 is 0 Å². The zero-order valence-corrected chi connectivity index (χ0v) is 16.9. The predicted octanol–water partition coefficient (Wildman–Crippen LogP) is 3.32. The van der Waals surface area contributed by atoms with Gasteiger partial charge >= 0.3 is 0 Å². The number of fused-ring (bicyclic) bond motifs is 2. The fourth-order valence-corrected chi connectivity index (χ4v) is 3.97. The Morgan fingerprint density at radius 1 is 1.17 bits per heavy atom. The minimum absolute atomic E-state index is 0.125. The lowest BCUT2D eigenvalue weighted by Gasteiger charge is -2.37. The lowest BCUT2D eigenvalue weighted by molar-refractivity contribution is 0.128. The number of hydrogen-bond donors (Lipinski definition) is 1. The molecule has 2 aromatic carbocycles. The first-order valence-electron chi connectivity index (χ1n) is 10.2. The summed E-state index contributed by atoms with van der Waals surface area (Å²) in [7, 11) is 1.72. The van der Waals surface area contributed by atoms with Crippen molar-refractivity contribution >= 4 is 17.5 Å². The molecule has 0 amide bonds. The molecule has 6 heteroatoms. The number of methoxy groups -OCH3 is 1. The first kappa shape index (κ1) is 18.6. The van der Waals surface area contributed by atoms with Crippen molar-refractivity contribution < 1.29 is 9.47 Å². The highest BCUT2D eigenvalue weighted by Gasteiger charge is 2.35. The highest BCUT2D eigenvalue weighted by atomic mass is 16.5. The molecule has 2 aliphatic heterocycles. The van der Waals surface area contributed by atoms with E-state index in [0.717, 1.165) is 28.8 Å². The second kappa shape index (κ2) is 8.16. The van der Waals surface area contributed by atoms with Gasteiger partial charge in [0, 0.05) is 12.7 Å². The Labute approximate surface area is 176 Å². The number of aliphatic imine (C=N–C) groups is 2. The topological polar surface area (TPSA) is 58.5 Å². The van der Waals surface area contributed by atoms with Crippen LogP contribution in [0, 0.1) is 0 Å². The number of hydrogen-bond acceptors (Lipinski definition) is 5. The fourth-order valence-electron chi connectivity index (χ4n) is 3.97. The predicted molar refractivity (Wildman–Crippen MR) is 119 cm³/mol. The Kier molecular flexibility index (Phi) is 5.07. The molecule has 0 bridgehead atoms. The Morgan fingerprint density at radius 2 is 2.00 bits per heavy atom. The SMILES string of the molecule is COC1C=CC=C2C(=NCc3ccccc3)NC(N3CCOc4ccccc43)=NC21. The molecule has 2 heterocycles. The number of benzene rings is 2. The van der Waals surface area contributed by atoms with Crippen LogP contribution < -0.4 is 15.0 Å². The number of ether oxygens (including phenoxy) is 2. The molecule has 0 aromatic heterocycles. The minimum Gasteiger partial charge on any atom is -0.490 e. The van der Waals surface area contributed by atoms with E-state index in [0.29, 0.717) is 19.7 Å². The maximum absolute atomic E-state index is 5.82. The van der Waals surface area contributed by atoms with Crippen LogP contribution in [0.15, 0.2) is 88.4 Å². The molecule has 3 aliphatic rings. The zero-order valence-electron chi connectivity index (χ0n) is 16.9. The van der Waals surface area contributed by atoms with Crippen LogP contribution in [-0.2, 0) is 11.3 Å². The highest BCUT2D eigenvalue weighted by Crippen LogP contribution is 2.32. The van der Waals surface area contributed by atoms with E-state index in [-0.39, 0.29) is 12.1 Å². The average Bonchev–Trinajstić information content (AvgIpc) is 2.82. The van der Waals surface area contributed by atoms with Crippen LogP contribution in [-0.4, -0.2) is 44.2 Å². The summed E-state index contributed by atoms with van der Waals surface area (Å²) in [6.45, 7) is 1.92. The van der Waals surface area contributed by atoms with Gasteiger partial charge in [-0.3, -0.25) is 4.99 Å². The van der Waals surface area contributed by atoms with Crippen LogP contribution in [0.25, 0.3) is 0 Å². The third kappa shape index (κ3) is 3.50. The molecule has 2 atom stereocenters. The zero-order chi connectivity index (χ0) is 20.3. The Morgan fingerprint density at radius 3 is 2.87 bits per heavy atom. The number of amidine groups is 1. The van der Waals surface area contributed by atoms with Crippen molar-refractivity contribution in [3.63, 3.8) is 0 Å². The number of allylic oxidation sites excluding steroid dienone is 2. The lowest BCUT2D eigenvalue weighted by Crippen LogP contribution is -2.54. The van der Waals surface area contributed by atoms with Crippen LogP contribution in [0.3, 0.4) is 0 Å². The normalized spacial score (nSPS) is 23.6. The molecular formula is C24H24N4O2. The highest BCUT2D eigenvalue weighted by molar-refractivity contribution is 6.16. The van der Waals surface area contributed by atoms with E-state index < -0.39 is 0 Å². The van der Waals surface area contributed by atoms with E-state index in [2.05, 4.69) is 34.5 Å². The smallest absolute Gasteiger partial charge is 0.205 e. The first-order valence-corrected chi connectivity index (χ1v) is 10.2. The molecule has 0 saturated carbocycles. The Balaban J connectivity index is 1.52. The molecule has 2 unspecified atom stereocenters. The van der Waals surface area contributed by atoms with E-state index in [4.69, 9.17) is 19.5 Å². The number of guanidine groups is 1. The molecule has 2 aromatic rings. The molecule has 0 radical (unpaired) electrons. The van der Waals surface area contributed by atoms with Crippen molar-refractivity contribution in [2.75, 3.05) is 25.2 Å². The monoisotopic (exact) mass is 400 g/mol. The first-order chi connectivity index (χ1) is 14.8. The minimum atomic E-state index is -0.138. The van der Waals surface area contributed by atoms with Gasteiger partial charge in [-0.25, -0.2) is 4.99 Å². The number of rotatable bonds is 3. The summed E-state index contributed by atoms with van der Waals surface area (Å²) in [6, 6.07) is 18.2. The number of nitrogens with one attached hydrogen (secondary N) is 1. The number of anilines is 1. The van der Waals surface area contributed by atoms with Crippen LogP contribution in [0.5, 0.6) is 5.75 Å². The summed E-state index contributed by atoms with van der Waals surface area (Å²) < 4.78 is 11.5. The third-order valence-corrected chi connectivity index (χ3v) is 5.49. The summed E-state index contributed by atoms with van der Waals surface area (Å²) in [4.78, 5) is 12.1. The molecule has 0 saturated heterocycles. The van der Waals surface area contributed by atoms with Gasteiger partial charge in [0.15, 0.2) is 0 Å². The van der Waals surface area contributed by atoms with Crippen molar-refractivity contribution in [3.05, 3.63) is 84.0 Å². The van der Waals surface area contributed by atoms with E-state index in [1.54, 1.807) is 7.11 Å². The quantitative estimate of drug-likeness (QED) is 0.859. The summed E-state index contributed by atoms with van der Waals surface area (Å²) in [6.07, 6.45) is 6.01. The van der Waals surface area contributed by atoms with E-state index in [1.807, 2.05) is 48.6 Å². The van der Waals surface area contributed by atoms with Gasteiger partial charge in [0.1, 0.15) is 30.3 Å². The fraction of sp³-hybridized carbons (Fsp3) is 0.250. The largest absolute Gasteiger partial charge is 0.490 e. The summed E-state index contributed by atoms with van der Waals surface area (Å²) in [5.74, 6) is 2.48. The molecule has 152 valence electrons. The Hall–Kier alpha value is -3.38.